The smallest absolute Gasteiger partial charge is 0.214 e. The summed E-state index contributed by atoms with van der Waals surface area (Å²) in [6.45, 7) is 4.27. The molecule has 2 heterocycles. The normalized spacial score (nSPS) is 30.1. The molecule has 0 bridgehead atoms. The minimum Gasteiger partial charge on any atom is -0.378 e. The van der Waals surface area contributed by atoms with Crippen molar-refractivity contribution in [1.82, 2.24) is 4.31 Å². The molecule has 4 nitrogen and oxygen atoms in total. The zero-order chi connectivity index (χ0) is 13.0. The van der Waals surface area contributed by atoms with Crippen molar-refractivity contribution in [3.05, 3.63) is 0 Å². The number of rotatable bonds is 5. The topological polar surface area (TPSA) is 46.6 Å². The highest BCUT2D eigenvalue weighted by atomic mass is 32.2. The van der Waals surface area contributed by atoms with Gasteiger partial charge in [-0.15, -0.1) is 0 Å². The van der Waals surface area contributed by atoms with E-state index in [0.717, 1.165) is 45.1 Å². The monoisotopic (exact) mass is 275 g/mol. The summed E-state index contributed by atoms with van der Waals surface area (Å²) in [7, 11) is -3.03. The summed E-state index contributed by atoms with van der Waals surface area (Å²) in [5.41, 5.74) is 0. The van der Waals surface area contributed by atoms with Crippen LogP contribution in [0.2, 0.25) is 0 Å². The molecule has 0 N–H and O–H groups in total. The van der Waals surface area contributed by atoms with Crippen molar-refractivity contribution in [2.75, 3.05) is 25.4 Å². The average molecular weight is 275 g/mol. The molecule has 2 rings (SSSR count). The summed E-state index contributed by atoms with van der Waals surface area (Å²) in [5, 5.41) is 0. The Bertz CT molecular complexity index is 355. The number of fused-ring (bicyclic) bond motifs is 1. The van der Waals surface area contributed by atoms with Crippen LogP contribution in [0.15, 0.2) is 0 Å². The molecule has 0 aliphatic carbocycles. The van der Waals surface area contributed by atoms with Gasteiger partial charge in [0.15, 0.2) is 0 Å². The number of hydrogen-bond donors (Lipinski definition) is 0. The summed E-state index contributed by atoms with van der Waals surface area (Å²) in [6.07, 6.45) is 6.23. The fourth-order valence-corrected chi connectivity index (χ4v) is 4.60. The molecule has 18 heavy (non-hydrogen) atoms. The van der Waals surface area contributed by atoms with Gasteiger partial charge >= 0.3 is 0 Å². The van der Waals surface area contributed by atoms with Gasteiger partial charge in [0, 0.05) is 19.7 Å². The van der Waals surface area contributed by atoms with E-state index in [1.165, 1.54) is 0 Å². The fraction of sp³-hybridized carbons (Fsp3) is 1.00. The van der Waals surface area contributed by atoms with Crippen molar-refractivity contribution in [3.63, 3.8) is 0 Å². The maximum absolute atomic E-state index is 12.2. The van der Waals surface area contributed by atoms with Gasteiger partial charge < -0.3 is 4.74 Å². The third kappa shape index (κ3) is 3.45. The van der Waals surface area contributed by atoms with E-state index in [4.69, 9.17) is 4.74 Å². The lowest BCUT2D eigenvalue weighted by atomic mass is 9.90. The van der Waals surface area contributed by atoms with Gasteiger partial charge in [-0.1, -0.05) is 19.8 Å². The van der Waals surface area contributed by atoms with Crippen LogP contribution in [-0.4, -0.2) is 44.3 Å². The number of sulfonamides is 1. The van der Waals surface area contributed by atoms with Crippen molar-refractivity contribution >= 4 is 10.0 Å². The molecule has 0 saturated carbocycles. The zero-order valence-corrected chi connectivity index (χ0v) is 12.1. The van der Waals surface area contributed by atoms with Gasteiger partial charge in [-0.2, -0.15) is 0 Å². The highest BCUT2D eigenvalue weighted by Gasteiger charge is 2.36. The van der Waals surface area contributed by atoms with Crippen LogP contribution < -0.4 is 0 Å². The third-order valence-electron chi connectivity index (χ3n) is 4.08. The fourth-order valence-electron chi connectivity index (χ4n) is 2.97. The second-order valence-electron chi connectivity index (χ2n) is 5.48. The first-order valence-electron chi connectivity index (χ1n) is 7.23. The molecular weight excluding hydrogens is 250 g/mol. The highest BCUT2D eigenvalue weighted by molar-refractivity contribution is 7.89. The van der Waals surface area contributed by atoms with Gasteiger partial charge in [0.05, 0.1) is 11.9 Å². The second kappa shape index (κ2) is 6.35. The van der Waals surface area contributed by atoms with Gasteiger partial charge in [0.1, 0.15) is 0 Å². The Kier molecular flexibility index (Phi) is 5.04. The number of hydrogen-bond acceptors (Lipinski definition) is 3. The Morgan fingerprint density at radius 3 is 2.89 bits per heavy atom. The van der Waals surface area contributed by atoms with Gasteiger partial charge in [-0.05, 0) is 31.6 Å². The molecule has 106 valence electrons. The molecule has 2 atom stereocenters. The minimum atomic E-state index is -3.03. The summed E-state index contributed by atoms with van der Waals surface area (Å²) < 4.78 is 31.9. The van der Waals surface area contributed by atoms with Gasteiger partial charge in [-0.25, -0.2) is 12.7 Å². The number of ether oxygens (including phenoxy) is 1. The van der Waals surface area contributed by atoms with E-state index in [1.54, 1.807) is 4.31 Å². The van der Waals surface area contributed by atoms with E-state index >= 15 is 0 Å². The molecule has 0 aromatic heterocycles. The standard InChI is InChI=1S/C13H25NO3S/c1-2-3-4-10-18(15,16)14-8-7-13-12(11-14)6-5-9-17-13/h12-13H,2-11H2,1H3/t12-,13-/m1/s1. The molecule has 0 amide bonds. The van der Waals surface area contributed by atoms with Gasteiger partial charge in [-0.3, -0.25) is 0 Å². The molecule has 2 aliphatic rings. The predicted octanol–water partition coefficient (Wildman–Crippen LogP) is 2.01. The van der Waals surface area contributed by atoms with Gasteiger partial charge in [0.2, 0.25) is 10.0 Å². The van der Waals surface area contributed by atoms with Crippen LogP contribution in [0.3, 0.4) is 0 Å². The molecule has 2 fully saturated rings. The second-order valence-corrected chi connectivity index (χ2v) is 7.57. The van der Waals surface area contributed by atoms with Crippen molar-refractivity contribution in [1.29, 1.82) is 0 Å². The Balaban J connectivity index is 1.89. The van der Waals surface area contributed by atoms with E-state index in [-0.39, 0.29) is 0 Å². The first-order chi connectivity index (χ1) is 8.63. The molecule has 0 spiro atoms. The Morgan fingerprint density at radius 2 is 2.11 bits per heavy atom. The summed E-state index contributed by atoms with van der Waals surface area (Å²) >= 11 is 0. The van der Waals surface area contributed by atoms with Crippen LogP contribution in [0.1, 0.15) is 45.4 Å². The van der Waals surface area contributed by atoms with E-state index in [1.807, 2.05) is 0 Å². The maximum Gasteiger partial charge on any atom is 0.214 e. The predicted molar refractivity (Wildman–Crippen MR) is 72.0 cm³/mol. The molecule has 0 radical (unpaired) electrons. The lowest BCUT2D eigenvalue weighted by Gasteiger charge is -2.40. The summed E-state index contributed by atoms with van der Waals surface area (Å²) in [4.78, 5) is 0. The van der Waals surface area contributed by atoms with E-state index in [9.17, 15) is 8.42 Å². The van der Waals surface area contributed by atoms with Crippen LogP contribution in [0.25, 0.3) is 0 Å². The number of piperidine rings is 1. The maximum atomic E-state index is 12.2. The SMILES string of the molecule is CCCCCS(=O)(=O)N1CC[C@H]2OCCC[C@@H]2C1. The van der Waals surface area contributed by atoms with Crippen LogP contribution in [0.5, 0.6) is 0 Å². The number of unbranched alkanes of at least 4 members (excludes halogenated alkanes) is 2. The van der Waals surface area contributed by atoms with Crippen molar-refractivity contribution < 1.29 is 13.2 Å². The molecule has 0 unspecified atom stereocenters. The molecular formula is C13H25NO3S. The first-order valence-corrected chi connectivity index (χ1v) is 8.84. The average Bonchev–Trinajstić information content (AvgIpc) is 2.38. The van der Waals surface area contributed by atoms with E-state index in [0.29, 0.717) is 30.9 Å². The van der Waals surface area contributed by atoms with Crippen LogP contribution >= 0.6 is 0 Å². The number of nitrogens with zero attached hydrogens (tertiary/aromatic N) is 1. The first kappa shape index (κ1) is 14.3. The van der Waals surface area contributed by atoms with Crippen molar-refractivity contribution in [2.24, 2.45) is 5.92 Å². The summed E-state index contributed by atoms with van der Waals surface area (Å²) in [6, 6.07) is 0. The van der Waals surface area contributed by atoms with Gasteiger partial charge in [0.25, 0.3) is 0 Å². The van der Waals surface area contributed by atoms with Crippen LogP contribution in [0, 0.1) is 5.92 Å². The Morgan fingerprint density at radius 1 is 1.28 bits per heavy atom. The zero-order valence-electron chi connectivity index (χ0n) is 11.3. The molecule has 2 aliphatic heterocycles. The highest BCUT2D eigenvalue weighted by Crippen LogP contribution is 2.29. The lowest BCUT2D eigenvalue weighted by molar-refractivity contribution is -0.0534. The van der Waals surface area contributed by atoms with Crippen molar-refractivity contribution in [3.8, 4) is 0 Å². The molecule has 0 aromatic carbocycles. The third-order valence-corrected chi connectivity index (χ3v) is 6.00. The van der Waals surface area contributed by atoms with Crippen LogP contribution in [-0.2, 0) is 14.8 Å². The molecule has 2 saturated heterocycles. The largest absolute Gasteiger partial charge is 0.378 e. The van der Waals surface area contributed by atoms with E-state index < -0.39 is 10.0 Å². The van der Waals surface area contributed by atoms with E-state index in [2.05, 4.69) is 6.92 Å². The minimum absolute atomic E-state index is 0.306. The molecule has 5 heteroatoms. The Hall–Kier alpha value is -0.130. The Labute approximate surface area is 111 Å². The summed E-state index contributed by atoms with van der Waals surface area (Å²) in [5.74, 6) is 0.743. The van der Waals surface area contributed by atoms with Crippen LogP contribution in [0.4, 0.5) is 0 Å². The quantitative estimate of drug-likeness (QED) is 0.721. The molecule has 0 aromatic rings. The lowest BCUT2D eigenvalue weighted by Crippen LogP contribution is -2.48. The van der Waals surface area contributed by atoms with Crippen molar-refractivity contribution in [2.45, 2.75) is 51.6 Å².